The largest absolute Gasteiger partial charge is 0.348 e. The molecular formula is C18H21BrN2OS. The molecule has 0 unspecified atom stereocenters. The van der Waals surface area contributed by atoms with Gasteiger partial charge in [-0.1, -0.05) is 28.1 Å². The summed E-state index contributed by atoms with van der Waals surface area (Å²) in [6.45, 7) is 5.62. The van der Waals surface area contributed by atoms with Crippen molar-refractivity contribution >= 4 is 33.2 Å². The number of benzene rings is 1. The molecule has 0 radical (unpaired) electrons. The number of thiophene rings is 1. The minimum absolute atomic E-state index is 0.0207. The molecule has 0 saturated carbocycles. The fourth-order valence-corrected chi connectivity index (χ4v) is 4.31. The van der Waals surface area contributed by atoms with Gasteiger partial charge in [-0.3, -0.25) is 9.69 Å². The summed E-state index contributed by atoms with van der Waals surface area (Å²) < 4.78 is 1.05. The van der Waals surface area contributed by atoms with Gasteiger partial charge >= 0.3 is 0 Å². The lowest BCUT2D eigenvalue weighted by Gasteiger charge is -2.33. The van der Waals surface area contributed by atoms with Gasteiger partial charge in [0.25, 0.3) is 0 Å². The van der Waals surface area contributed by atoms with E-state index >= 15 is 0 Å². The summed E-state index contributed by atoms with van der Waals surface area (Å²) in [5.41, 5.74) is 2.50. The van der Waals surface area contributed by atoms with Crippen LogP contribution in [0, 0.1) is 0 Å². The molecule has 0 bridgehead atoms. The molecule has 3 rings (SSSR count). The third-order valence-electron chi connectivity index (χ3n) is 4.50. The molecule has 0 fully saturated rings. The molecule has 2 heterocycles. The molecule has 2 aromatic rings. The molecular weight excluding hydrogens is 372 g/mol. The maximum atomic E-state index is 12.4. The van der Waals surface area contributed by atoms with Crippen LogP contribution in [0.4, 0.5) is 0 Å². The van der Waals surface area contributed by atoms with E-state index < -0.39 is 0 Å². The number of nitrogens with zero attached hydrogens (tertiary/aromatic N) is 1. The maximum Gasteiger partial charge on any atom is 0.234 e. The molecule has 0 aliphatic carbocycles. The Morgan fingerprint density at radius 3 is 2.87 bits per heavy atom. The van der Waals surface area contributed by atoms with Crippen molar-refractivity contribution < 1.29 is 4.79 Å². The Hall–Kier alpha value is -1.17. The number of amides is 1. The standard InChI is InChI=1S/C18H21BrN2OS/c1-12(14-3-5-15(19)6-4-14)20-18(22)11-21-9-7-17-16(13(21)2)8-10-23-17/h3-6,8,10,12-13H,7,9,11H2,1-2H3,(H,20,22)/t12-,13+/m0/s1. The fourth-order valence-electron chi connectivity index (χ4n) is 3.08. The van der Waals surface area contributed by atoms with Crippen molar-refractivity contribution in [3.8, 4) is 0 Å². The second-order valence-electron chi connectivity index (χ2n) is 6.04. The lowest BCUT2D eigenvalue weighted by molar-refractivity contribution is -0.123. The van der Waals surface area contributed by atoms with Gasteiger partial charge in [0.05, 0.1) is 12.6 Å². The zero-order valence-electron chi connectivity index (χ0n) is 13.4. The number of nitrogens with one attached hydrogen (secondary N) is 1. The molecule has 5 heteroatoms. The SMILES string of the molecule is C[C@H](NC(=O)CN1CCc2sccc2[C@H]1C)c1ccc(Br)cc1. The highest BCUT2D eigenvalue weighted by atomic mass is 79.9. The quantitative estimate of drug-likeness (QED) is 0.840. The smallest absolute Gasteiger partial charge is 0.234 e. The van der Waals surface area contributed by atoms with Crippen LogP contribution in [0.5, 0.6) is 0 Å². The molecule has 3 nitrogen and oxygen atoms in total. The first-order valence-electron chi connectivity index (χ1n) is 7.89. The zero-order chi connectivity index (χ0) is 16.4. The zero-order valence-corrected chi connectivity index (χ0v) is 15.8. The van der Waals surface area contributed by atoms with Gasteiger partial charge in [0, 0.05) is 21.9 Å². The third kappa shape index (κ3) is 3.84. The van der Waals surface area contributed by atoms with E-state index in [4.69, 9.17) is 0 Å². The highest BCUT2D eigenvalue weighted by molar-refractivity contribution is 9.10. The number of hydrogen-bond acceptors (Lipinski definition) is 3. The van der Waals surface area contributed by atoms with E-state index in [1.807, 2.05) is 42.5 Å². The molecule has 0 saturated heterocycles. The van der Waals surface area contributed by atoms with Gasteiger partial charge in [-0.15, -0.1) is 11.3 Å². The van der Waals surface area contributed by atoms with E-state index in [0.717, 1.165) is 23.0 Å². The van der Waals surface area contributed by atoms with E-state index in [1.165, 1.54) is 10.4 Å². The average Bonchev–Trinajstić information content (AvgIpc) is 3.00. The van der Waals surface area contributed by atoms with Crippen molar-refractivity contribution in [2.75, 3.05) is 13.1 Å². The minimum atomic E-state index is 0.0207. The van der Waals surface area contributed by atoms with Gasteiger partial charge in [0.2, 0.25) is 5.91 Å². The van der Waals surface area contributed by atoms with E-state index in [1.54, 1.807) is 0 Å². The third-order valence-corrected chi connectivity index (χ3v) is 6.02. The van der Waals surface area contributed by atoms with Crippen LogP contribution < -0.4 is 5.32 Å². The summed E-state index contributed by atoms with van der Waals surface area (Å²) in [4.78, 5) is 16.1. The predicted molar refractivity (Wildman–Crippen MR) is 98.7 cm³/mol. The highest BCUT2D eigenvalue weighted by Crippen LogP contribution is 2.32. The van der Waals surface area contributed by atoms with Crippen molar-refractivity contribution in [3.63, 3.8) is 0 Å². The molecule has 1 amide bonds. The van der Waals surface area contributed by atoms with Crippen molar-refractivity contribution in [2.45, 2.75) is 32.4 Å². The first-order chi connectivity index (χ1) is 11.0. The van der Waals surface area contributed by atoms with Crippen LogP contribution in [0.2, 0.25) is 0 Å². The van der Waals surface area contributed by atoms with Crippen molar-refractivity contribution in [1.29, 1.82) is 0 Å². The van der Waals surface area contributed by atoms with Gasteiger partial charge in [-0.05, 0) is 55.0 Å². The Kier molecular flexibility index (Phi) is 5.19. The van der Waals surface area contributed by atoms with Gasteiger partial charge in [-0.25, -0.2) is 0 Å². The van der Waals surface area contributed by atoms with Crippen LogP contribution in [0.1, 0.15) is 41.9 Å². The maximum absolute atomic E-state index is 12.4. The molecule has 1 aromatic heterocycles. The Balaban J connectivity index is 1.58. The molecule has 122 valence electrons. The van der Waals surface area contributed by atoms with Crippen LogP contribution in [-0.4, -0.2) is 23.9 Å². The number of fused-ring (bicyclic) bond motifs is 1. The van der Waals surface area contributed by atoms with Crippen LogP contribution in [0.15, 0.2) is 40.2 Å². The van der Waals surface area contributed by atoms with Crippen molar-refractivity contribution in [1.82, 2.24) is 10.2 Å². The summed E-state index contributed by atoms with van der Waals surface area (Å²) in [7, 11) is 0. The number of carbonyl (C=O) groups is 1. The summed E-state index contributed by atoms with van der Waals surface area (Å²) >= 11 is 5.26. The highest BCUT2D eigenvalue weighted by Gasteiger charge is 2.26. The van der Waals surface area contributed by atoms with Crippen LogP contribution in [0.3, 0.4) is 0 Å². The van der Waals surface area contributed by atoms with Gasteiger partial charge < -0.3 is 5.32 Å². The van der Waals surface area contributed by atoms with Gasteiger partial charge in [-0.2, -0.15) is 0 Å². The molecule has 23 heavy (non-hydrogen) atoms. The first kappa shape index (κ1) is 16.7. The summed E-state index contributed by atoms with van der Waals surface area (Å²) in [5, 5.41) is 5.26. The molecule has 1 N–H and O–H groups in total. The topological polar surface area (TPSA) is 32.3 Å². The normalized spacial score (nSPS) is 19.2. The Bertz CT molecular complexity index is 683. The molecule has 0 spiro atoms. The van der Waals surface area contributed by atoms with Crippen LogP contribution in [-0.2, 0) is 11.2 Å². The minimum Gasteiger partial charge on any atom is -0.348 e. The number of carbonyl (C=O) groups excluding carboxylic acids is 1. The van der Waals surface area contributed by atoms with Gasteiger partial charge in [0.1, 0.15) is 0 Å². The molecule has 2 atom stereocenters. The lowest BCUT2D eigenvalue weighted by atomic mass is 10.0. The summed E-state index contributed by atoms with van der Waals surface area (Å²) in [5.74, 6) is 0.0888. The first-order valence-corrected chi connectivity index (χ1v) is 9.57. The number of rotatable bonds is 4. The van der Waals surface area contributed by atoms with Crippen LogP contribution >= 0.6 is 27.3 Å². The monoisotopic (exact) mass is 392 g/mol. The van der Waals surface area contributed by atoms with Crippen molar-refractivity contribution in [3.05, 3.63) is 56.2 Å². The van der Waals surface area contributed by atoms with E-state index in [9.17, 15) is 4.79 Å². The average molecular weight is 393 g/mol. The predicted octanol–water partition coefficient (Wildman–Crippen LogP) is 4.31. The molecule has 1 aliphatic rings. The van der Waals surface area contributed by atoms with Crippen molar-refractivity contribution in [2.24, 2.45) is 0 Å². The number of halogens is 1. The molecule has 1 aromatic carbocycles. The van der Waals surface area contributed by atoms with Gasteiger partial charge in [0.15, 0.2) is 0 Å². The Morgan fingerprint density at radius 2 is 2.13 bits per heavy atom. The Morgan fingerprint density at radius 1 is 1.39 bits per heavy atom. The van der Waals surface area contributed by atoms with E-state index in [-0.39, 0.29) is 11.9 Å². The fraction of sp³-hybridized carbons (Fsp3) is 0.389. The van der Waals surface area contributed by atoms with E-state index in [0.29, 0.717) is 12.6 Å². The second kappa shape index (κ2) is 7.16. The summed E-state index contributed by atoms with van der Waals surface area (Å²) in [6, 6.07) is 10.6. The lowest BCUT2D eigenvalue weighted by Crippen LogP contribution is -2.42. The van der Waals surface area contributed by atoms with Crippen LogP contribution in [0.25, 0.3) is 0 Å². The number of hydrogen-bond donors (Lipinski definition) is 1. The second-order valence-corrected chi connectivity index (χ2v) is 7.95. The molecule has 1 aliphatic heterocycles. The summed E-state index contributed by atoms with van der Waals surface area (Å²) in [6.07, 6.45) is 1.05. The Labute approximate surface area is 149 Å². The van der Waals surface area contributed by atoms with E-state index in [2.05, 4.69) is 44.5 Å².